The van der Waals surface area contributed by atoms with E-state index in [1.54, 1.807) is 6.20 Å². The van der Waals surface area contributed by atoms with Crippen LogP contribution in [0.1, 0.15) is 29.2 Å². The number of hydrogen-bond acceptors (Lipinski definition) is 5. The largest absolute Gasteiger partial charge is 0.481 e. The van der Waals surface area contributed by atoms with E-state index in [0.29, 0.717) is 32.6 Å². The van der Waals surface area contributed by atoms with Crippen LogP contribution in [0.15, 0.2) is 34.9 Å². The minimum Gasteiger partial charge on any atom is -0.481 e. The second-order valence-electron chi connectivity index (χ2n) is 7.15. The zero-order valence-corrected chi connectivity index (χ0v) is 15.6. The minimum atomic E-state index is -0.867. The molecule has 0 unspecified atom stereocenters. The Hall–Kier alpha value is -2.67. The van der Waals surface area contributed by atoms with Crippen LogP contribution in [0.2, 0.25) is 0 Å². The molecule has 2 aromatic rings. The summed E-state index contributed by atoms with van der Waals surface area (Å²) >= 11 is 0. The average Bonchev–Trinajstić information content (AvgIpc) is 2.97. The molecule has 0 aromatic carbocycles. The molecular formula is C20H25N3O4. The molecule has 2 aromatic heterocycles. The van der Waals surface area contributed by atoms with Crippen molar-refractivity contribution in [1.29, 1.82) is 0 Å². The van der Waals surface area contributed by atoms with Crippen LogP contribution in [-0.2, 0) is 22.7 Å². The first-order valence-corrected chi connectivity index (χ1v) is 9.11. The Bertz CT molecular complexity index is 783. The van der Waals surface area contributed by atoms with Crippen LogP contribution in [0.4, 0.5) is 0 Å². The monoisotopic (exact) mass is 371 g/mol. The van der Waals surface area contributed by atoms with Crippen molar-refractivity contribution in [3.05, 3.63) is 53.2 Å². The van der Waals surface area contributed by atoms with E-state index in [1.807, 2.05) is 43.0 Å². The van der Waals surface area contributed by atoms with Gasteiger partial charge in [0.15, 0.2) is 0 Å². The molecule has 7 heteroatoms. The predicted octanol–water partition coefficient (Wildman–Crippen LogP) is 2.13. The number of carbonyl (C=O) groups excluding carboxylic acids is 1. The molecule has 7 nitrogen and oxygen atoms in total. The molecule has 0 aliphatic carbocycles. The number of furan rings is 1. The maximum atomic E-state index is 12.6. The van der Waals surface area contributed by atoms with Crippen LogP contribution >= 0.6 is 0 Å². The van der Waals surface area contributed by atoms with E-state index < -0.39 is 11.9 Å². The molecule has 1 aliphatic heterocycles. The van der Waals surface area contributed by atoms with Gasteiger partial charge in [0.1, 0.15) is 11.5 Å². The Morgan fingerprint density at radius 2 is 2.07 bits per heavy atom. The Morgan fingerprint density at radius 1 is 1.30 bits per heavy atom. The van der Waals surface area contributed by atoms with E-state index >= 15 is 0 Å². The number of carboxylic acids is 1. The second kappa shape index (κ2) is 8.35. The molecule has 1 saturated heterocycles. The number of aliphatic carboxylic acids is 1. The highest BCUT2D eigenvalue weighted by molar-refractivity contribution is 5.80. The molecular weight excluding hydrogens is 346 g/mol. The lowest BCUT2D eigenvalue weighted by Gasteiger charge is -2.35. The van der Waals surface area contributed by atoms with Crippen molar-refractivity contribution >= 4 is 11.9 Å². The number of pyridine rings is 1. The third-order valence-electron chi connectivity index (χ3n) is 5.01. The first-order chi connectivity index (χ1) is 12.9. The molecule has 1 fully saturated rings. The Kier molecular flexibility index (Phi) is 5.91. The number of piperidine rings is 1. The average molecular weight is 371 g/mol. The van der Waals surface area contributed by atoms with Crippen molar-refractivity contribution in [3.8, 4) is 0 Å². The van der Waals surface area contributed by atoms with Crippen LogP contribution in [0.3, 0.4) is 0 Å². The summed E-state index contributed by atoms with van der Waals surface area (Å²) in [4.78, 5) is 30.4. The van der Waals surface area contributed by atoms with Gasteiger partial charge < -0.3 is 14.8 Å². The summed E-state index contributed by atoms with van der Waals surface area (Å²) in [5, 5.41) is 12.4. The van der Waals surface area contributed by atoms with Crippen LogP contribution in [0.5, 0.6) is 0 Å². The number of hydrogen-bond donors (Lipinski definition) is 2. The lowest BCUT2D eigenvalue weighted by Crippen LogP contribution is -2.47. The first-order valence-electron chi connectivity index (χ1n) is 9.11. The SMILES string of the molecule is Cc1cc(CN2C[C@H](C(=O)O)C[C@H](C(=O)NCc3ccccn3)C2)oc1C. The number of carboxylic acid groups (broad SMARTS) is 1. The summed E-state index contributed by atoms with van der Waals surface area (Å²) in [6.07, 6.45) is 2.02. The molecule has 27 heavy (non-hydrogen) atoms. The van der Waals surface area contributed by atoms with Crippen molar-refractivity contribution in [2.75, 3.05) is 13.1 Å². The molecule has 144 valence electrons. The molecule has 2 N–H and O–H groups in total. The van der Waals surface area contributed by atoms with E-state index in [-0.39, 0.29) is 11.8 Å². The summed E-state index contributed by atoms with van der Waals surface area (Å²) in [5.41, 5.74) is 1.84. The topological polar surface area (TPSA) is 95.7 Å². The number of carbonyl (C=O) groups is 2. The summed E-state index contributed by atoms with van der Waals surface area (Å²) in [6, 6.07) is 7.50. The van der Waals surface area contributed by atoms with Crippen molar-refractivity contribution in [1.82, 2.24) is 15.2 Å². The van der Waals surface area contributed by atoms with E-state index in [4.69, 9.17) is 4.42 Å². The highest BCUT2D eigenvalue weighted by atomic mass is 16.4. The van der Waals surface area contributed by atoms with E-state index in [0.717, 1.165) is 22.8 Å². The van der Waals surface area contributed by atoms with Gasteiger partial charge in [-0.3, -0.25) is 19.5 Å². The normalized spacial score (nSPS) is 20.4. The Morgan fingerprint density at radius 3 is 2.70 bits per heavy atom. The van der Waals surface area contributed by atoms with Gasteiger partial charge in [0.05, 0.1) is 30.6 Å². The number of amides is 1. The predicted molar refractivity (Wildman–Crippen MR) is 98.8 cm³/mol. The molecule has 0 saturated carbocycles. The van der Waals surface area contributed by atoms with Crippen molar-refractivity contribution in [3.63, 3.8) is 0 Å². The molecule has 1 aliphatic rings. The van der Waals surface area contributed by atoms with Gasteiger partial charge in [-0.15, -0.1) is 0 Å². The van der Waals surface area contributed by atoms with Crippen LogP contribution in [0.25, 0.3) is 0 Å². The van der Waals surface area contributed by atoms with Crippen LogP contribution in [0, 0.1) is 25.7 Å². The fourth-order valence-corrected chi connectivity index (χ4v) is 3.46. The fraction of sp³-hybridized carbons (Fsp3) is 0.450. The number of nitrogens with one attached hydrogen (secondary N) is 1. The van der Waals surface area contributed by atoms with E-state index in [1.165, 1.54) is 0 Å². The number of likely N-dealkylation sites (tertiary alicyclic amines) is 1. The summed E-state index contributed by atoms with van der Waals surface area (Å²) in [5.74, 6) is -0.287. The number of aryl methyl sites for hydroxylation is 2. The molecule has 2 atom stereocenters. The van der Waals surface area contributed by atoms with Gasteiger partial charge in [-0.1, -0.05) is 6.07 Å². The third-order valence-corrected chi connectivity index (χ3v) is 5.01. The third kappa shape index (κ3) is 4.95. The maximum absolute atomic E-state index is 12.6. The highest BCUT2D eigenvalue weighted by Gasteiger charge is 2.35. The van der Waals surface area contributed by atoms with Crippen molar-refractivity contribution in [2.45, 2.75) is 33.4 Å². The number of aromatic nitrogens is 1. The number of nitrogens with zero attached hydrogens (tertiary/aromatic N) is 2. The number of rotatable bonds is 6. The quantitative estimate of drug-likeness (QED) is 0.808. The summed E-state index contributed by atoms with van der Waals surface area (Å²) < 4.78 is 5.72. The van der Waals surface area contributed by atoms with Gasteiger partial charge in [-0.2, -0.15) is 0 Å². The molecule has 0 bridgehead atoms. The maximum Gasteiger partial charge on any atom is 0.307 e. The smallest absolute Gasteiger partial charge is 0.307 e. The summed E-state index contributed by atoms with van der Waals surface area (Å²) in [6.45, 7) is 5.65. The zero-order chi connectivity index (χ0) is 19.4. The molecule has 1 amide bonds. The second-order valence-corrected chi connectivity index (χ2v) is 7.15. The summed E-state index contributed by atoms with van der Waals surface area (Å²) in [7, 11) is 0. The first kappa shape index (κ1) is 19.1. The molecule has 0 spiro atoms. The van der Waals surface area contributed by atoms with Crippen molar-refractivity contribution < 1.29 is 19.1 Å². The van der Waals surface area contributed by atoms with Gasteiger partial charge in [-0.05, 0) is 44.0 Å². The van der Waals surface area contributed by atoms with Gasteiger partial charge in [0.2, 0.25) is 5.91 Å². The van der Waals surface area contributed by atoms with E-state index in [2.05, 4.69) is 10.3 Å². The van der Waals surface area contributed by atoms with E-state index in [9.17, 15) is 14.7 Å². The Labute approximate surface area is 158 Å². The zero-order valence-electron chi connectivity index (χ0n) is 15.6. The van der Waals surface area contributed by atoms with Crippen LogP contribution < -0.4 is 5.32 Å². The van der Waals surface area contributed by atoms with Crippen LogP contribution in [-0.4, -0.2) is 40.0 Å². The van der Waals surface area contributed by atoms with Gasteiger partial charge >= 0.3 is 5.97 Å². The lowest BCUT2D eigenvalue weighted by molar-refractivity contribution is -0.145. The standard InChI is InChI=1S/C20H25N3O4/c1-13-7-18(27-14(13)2)12-23-10-15(8-16(11-23)20(25)26)19(24)22-9-17-5-3-4-6-21-17/h3-7,15-16H,8-12H2,1-2H3,(H,22,24)(H,25,26)/t15-,16+/m0/s1. The van der Waals surface area contributed by atoms with Crippen molar-refractivity contribution in [2.24, 2.45) is 11.8 Å². The highest BCUT2D eigenvalue weighted by Crippen LogP contribution is 2.25. The fourth-order valence-electron chi connectivity index (χ4n) is 3.46. The molecule has 3 heterocycles. The Balaban J connectivity index is 1.64. The van der Waals surface area contributed by atoms with Gasteiger partial charge in [0, 0.05) is 19.3 Å². The minimum absolute atomic E-state index is 0.136. The molecule has 3 rings (SSSR count). The van der Waals surface area contributed by atoms with Gasteiger partial charge in [-0.25, -0.2) is 0 Å². The molecule has 0 radical (unpaired) electrons. The van der Waals surface area contributed by atoms with Gasteiger partial charge in [0.25, 0.3) is 0 Å². The lowest BCUT2D eigenvalue weighted by atomic mass is 9.88.